The van der Waals surface area contributed by atoms with Gasteiger partial charge in [-0.05, 0) is 54.4 Å². The number of hydrogen-bond acceptors (Lipinski definition) is 5. The molecule has 2 unspecified atom stereocenters. The van der Waals surface area contributed by atoms with Crippen LogP contribution >= 0.6 is 34.8 Å². The number of benzene rings is 2. The van der Waals surface area contributed by atoms with Gasteiger partial charge in [0, 0.05) is 51.9 Å². The molecule has 2 aliphatic heterocycles. The van der Waals surface area contributed by atoms with Crippen molar-refractivity contribution in [2.75, 3.05) is 23.3 Å². The van der Waals surface area contributed by atoms with Crippen molar-refractivity contribution in [2.45, 2.75) is 25.0 Å². The highest BCUT2D eigenvalue weighted by Gasteiger charge is 2.28. The summed E-state index contributed by atoms with van der Waals surface area (Å²) in [5.41, 5.74) is 3.50. The molecule has 2 aromatic carbocycles. The smallest absolute Gasteiger partial charge is 0.249 e. The number of aliphatic hydroxyl groups is 1. The van der Waals surface area contributed by atoms with Gasteiger partial charge in [0.2, 0.25) is 5.91 Å². The summed E-state index contributed by atoms with van der Waals surface area (Å²) in [7, 11) is 0. The van der Waals surface area contributed by atoms with E-state index in [4.69, 9.17) is 39.8 Å². The molecule has 1 aromatic heterocycles. The molecule has 174 valence electrons. The minimum absolute atomic E-state index is 0.236. The molecule has 2 atom stereocenters. The zero-order valence-corrected chi connectivity index (χ0v) is 20.3. The molecular weight excluding hydrogens is 495 g/mol. The van der Waals surface area contributed by atoms with Gasteiger partial charge >= 0.3 is 0 Å². The SMILES string of the molecule is O=C1Nc2ccc(Cl)cc2C(c2ccc(N3CCC(O)C3)nc2)=NC1Cc1ccc(Cl)cc1Cl. The molecule has 9 heteroatoms. The van der Waals surface area contributed by atoms with Crippen LogP contribution in [0, 0.1) is 0 Å². The first-order valence-corrected chi connectivity index (χ1v) is 12.0. The Hall–Kier alpha value is -2.64. The van der Waals surface area contributed by atoms with E-state index in [1.54, 1.807) is 36.5 Å². The monoisotopic (exact) mass is 514 g/mol. The number of aromatic nitrogens is 1. The number of halogens is 3. The lowest BCUT2D eigenvalue weighted by Crippen LogP contribution is -2.27. The van der Waals surface area contributed by atoms with Crippen molar-refractivity contribution >= 4 is 57.9 Å². The minimum atomic E-state index is -0.715. The molecular formula is C25H21Cl3N4O2. The van der Waals surface area contributed by atoms with Crippen LogP contribution < -0.4 is 10.2 Å². The molecule has 0 spiro atoms. The van der Waals surface area contributed by atoms with E-state index in [0.29, 0.717) is 39.4 Å². The van der Waals surface area contributed by atoms with Crippen molar-refractivity contribution in [3.05, 3.63) is 86.5 Å². The fraction of sp³-hybridized carbons (Fsp3) is 0.240. The van der Waals surface area contributed by atoms with Gasteiger partial charge in [0.05, 0.1) is 17.5 Å². The molecule has 0 radical (unpaired) electrons. The Morgan fingerprint density at radius 2 is 1.85 bits per heavy atom. The maximum atomic E-state index is 13.1. The fourth-order valence-electron chi connectivity index (χ4n) is 4.25. The first-order valence-electron chi connectivity index (χ1n) is 10.9. The van der Waals surface area contributed by atoms with Gasteiger partial charge in [-0.1, -0.05) is 40.9 Å². The maximum absolute atomic E-state index is 13.1. The van der Waals surface area contributed by atoms with Crippen LogP contribution in [0.1, 0.15) is 23.1 Å². The molecule has 3 heterocycles. The number of aliphatic imine (C=N–C) groups is 1. The predicted octanol–water partition coefficient (Wildman–Crippen LogP) is 5.01. The van der Waals surface area contributed by atoms with Crippen LogP contribution in [0.3, 0.4) is 0 Å². The predicted molar refractivity (Wildman–Crippen MR) is 137 cm³/mol. The molecule has 1 amide bonds. The minimum Gasteiger partial charge on any atom is -0.391 e. The molecule has 0 bridgehead atoms. The maximum Gasteiger partial charge on any atom is 0.249 e. The van der Waals surface area contributed by atoms with E-state index in [0.717, 1.165) is 35.5 Å². The lowest BCUT2D eigenvalue weighted by atomic mass is 10.0. The lowest BCUT2D eigenvalue weighted by Gasteiger charge is -2.17. The van der Waals surface area contributed by atoms with E-state index in [2.05, 4.69) is 10.3 Å². The summed E-state index contributed by atoms with van der Waals surface area (Å²) in [5.74, 6) is 0.555. The standard InChI is InChI=1S/C25H21Cl3N4O2/c26-16-4-5-21-19(10-16)24(15-2-6-23(29-12-15)32-8-7-18(33)13-32)30-22(25(34)31-21)9-14-1-3-17(27)11-20(14)28/h1-6,10-12,18,22,33H,7-9,13H2,(H,31,34). The second kappa shape index (κ2) is 9.55. The first kappa shape index (κ1) is 23.1. The number of anilines is 2. The van der Waals surface area contributed by atoms with Crippen LogP contribution in [0.15, 0.2) is 59.7 Å². The summed E-state index contributed by atoms with van der Waals surface area (Å²) in [5, 5.41) is 14.4. The Balaban J connectivity index is 1.54. The Kier molecular flexibility index (Phi) is 6.49. The molecule has 0 aliphatic carbocycles. The molecule has 6 nitrogen and oxygen atoms in total. The zero-order chi connectivity index (χ0) is 23.8. The van der Waals surface area contributed by atoms with Crippen LogP contribution in [0.2, 0.25) is 15.1 Å². The topological polar surface area (TPSA) is 77.8 Å². The van der Waals surface area contributed by atoms with Crippen molar-refractivity contribution < 1.29 is 9.90 Å². The van der Waals surface area contributed by atoms with Gasteiger partial charge < -0.3 is 15.3 Å². The summed E-state index contributed by atoms with van der Waals surface area (Å²) < 4.78 is 0. The van der Waals surface area contributed by atoms with Crippen molar-refractivity contribution in [3.63, 3.8) is 0 Å². The highest BCUT2D eigenvalue weighted by molar-refractivity contribution is 6.35. The molecule has 1 fully saturated rings. The first-order chi connectivity index (χ1) is 16.4. The van der Waals surface area contributed by atoms with E-state index in [1.165, 1.54) is 0 Å². The summed E-state index contributed by atoms with van der Waals surface area (Å²) in [6.45, 7) is 1.32. The molecule has 3 aromatic rings. The summed E-state index contributed by atoms with van der Waals surface area (Å²) in [4.78, 5) is 24.6. The summed E-state index contributed by atoms with van der Waals surface area (Å²) in [6, 6.07) is 13.6. The Morgan fingerprint density at radius 3 is 2.56 bits per heavy atom. The van der Waals surface area contributed by atoms with Crippen LogP contribution in [0.25, 0.3) is 0 Å². The third-order valence-corrected chi connectivity index (χ3v) is 6.84. The number of rotatable bonds is 4. The van der Waals surface area contributed by atoms with E-state index in [-0.39, 0.29) is 12.0 Å². The van der Waals surface area contributed by atoms with Crippen molar-refractivity contribution in [2.24, 2.45) is 4.99 Å². The van der Waals surface area contributed by atoms with Gasteiger partial charge in [0.15, 0.2) is 0 Å². The van der Waals surface area contributed by atoms with Gasteiger partial charge in [-0.2, -0.15) is 0 Å². The number of β-amino-alcohol motifs (C(OH)–C–C–N with tert-alkyl or cyclic N) is 1. The van der Waals surface area contributed by atoms with Crippen LogP contribution in [-0.4, -0.2) is 46.9 Å². The normalized spacial score (nSPS) is 19.9. The Morgan fingerprint density at radius 1 is 1.06 bits per heavy atom. The number of amides is 1. The highest BCUT2D eigenvalue weighted by Crippen LogP contribution is 2.30. The number of hydrogen-bond donors (Lipinski definition) is 2. The van der Waals surface area contributed by atoms with E-state index in [1.807, 2.05) is 23.1 Å². The number of pyridine rings is 1. The molecule has 34 heavy (non-hydrogen) atoms. The van der Waals surface area contributed by atoms with Gasteiger partial charge in [-0.25, -0.2) is 4.98 Å². The fourth-order valence-corrected chi connectivity index (χ4v) is 4.91. The molecule has 5 rings (SSSR count). The number of aliphatic hydroxyl groups excluding tert-OH is 1. The third kappa shape index (κ3) is 4.77. The van der Waals surface area contributed by atoms with Gasteiger partial charge in [-0.15, -0.1) is 0 Å². The van der Waals surface area contributed by atoms with E-state index < -0.39 is 6.04 Å². The number of benzodiazepines with no additional fused rings is 1. The summed E-state index contributed by atoms with van der Waals surface area (Å²) >= 11 is 18.7. The Labute approximate surface area is 212 Å². The number of nitrogens with one attached hydrogen (secondary N) is 1. The summed E-state index contributed by atoms with van der Waals surface area (Å²) in [6.07, 6.45) is 2.44. The van der Waals surface area contributed by atoms with Gasteiger partial charge in [0.1, 0.15) is 11.9 Å². The number of nitrogens with zero attached hydrogens (tertiary/aromatic N) is 3. The molecule has 2 aliphatic rings. The number of carbonyl (C=O) groups is 1. The van der Waals surface area contributed by atoms with Crippen molar-refractivity contribution in [3.8, 4) is 0 Å². The van der Waals surface area contributed by atoms with Crippen LogP contribution in [0.5, 0.6) is 0 Å². The molecule has 0 saturated carbocycles. The quantitative estimate of drug-likeness (QED) is 0.512. The van der Waals surface area contributed by atoms with Crippen LogP contribution in [0.4, 0.5) is 11.5 Å². The lowest BCUT2D eigenvalue weighted by molar-refractivity contribution is -0.117. The van der Waals surface area contributed by atoms with Crippen LogP contribution in [-0.2, 0) is 11.2 Å². The zero-order valence-electron chi connectivity index (χ0n) is 18.0. The van der Waals surface area contributed by atoms with E-state index >= 15 is 0 Å². The average Bonchev–Trinajstić information content (AvgIpc) is 3.20. The highest BCUT2D eigenvalue weighted by atomic mass is 35.5. The molecule has 2 N–H and O–H groups in total. The largest absolute Gasteiger partial charge is 0.391 e. The molecule has 1 saturated heterocycles. The van der Waals surface area contributed by atoms with Crippen molar-refractivity contribution in [1.29, 1.82) is 0 Å². The number of carbonyl (C=O) groups excluding carboxylic acids is 1. The second-order valence-electron chi connectivity index (χ2n) is 8.41. The van der Waals surface area contributed by atoms with Gasteiger partial charge in [0.25, 0.3) is 0 Å². The average molecular weight is 516 g/mol. The van der Waals surface area contributed by atoms with E-state index in [9.17, 15) is 9.90 Å². The number of fused-ring (bicyclic) bond motifs is 1. The third-order valence-electron chi connectivity index (χ3n) is 6.02. The van der Waals surface area contributed by atoms with Gasteiger partial charge in [-0.3, -0.25) is 9.79 Å². The van der Waals surface area contributed by atoms with Crippen molar-refractivity contribution in [1.82, 2.24) is 4.98 Å². The Bertz CT molecular complexity index is 1280. The second-order valence-corrected chi connectivity index (χ2v) is 9.69.